The molecule has 1 aromatic heterocycles. The molecule has 2 aromatic rings. The maximum Gasteiger partial charge on any atom is 0.143 e. The maximum absolute atomic E-state index is 3.93. The summed E-state index contributed by atoms with van der Waals surface area (Å²) in [5.41, 5.74) is 3.39. The molecule has 1 unspecified atom stereocenters. The van der Waals surface area contributed by atoms with Crippen LogP contribution in [0.3, 0.4) is 0 Å². The molecular formula is C15H23N5. The zero-order valence-electron chi connectivity index (χ0n) is 12.5. The summed E-state index contributed by atoms with van der Waals surface area (Å²) in [5.74, 6) is 0. The number of rotatable bonds is 7. The average Bonchev–Trinajstić information content (AvgIpc) is 2.99. The molecule has 5 nitrogen and oxygen atoms in total. The molecule has 2 rings (SSSR count). The second-order valence-corrected chi connectivity index (χ2v) is 5.15. The highest BCUT2D eigenvalue weighted by Crippen LogP contribution is 2.21. The van der Waals surface area contributed by atoms with Crippen LogP contribution < -0.4 is 5.32 Å². The Morgan fingerprint density at radius 3 is 2.80 bits per heavy atom. The van der Waals surface area contributed by atoms with Gasteiger partial charge in [-0.05, 0) is 47.9 Å². The Morgan fingerprint density at radius 1 is 1.30 bits per heavy atom. The third-order valence-corrected chi connectivity index (χ3v) is 3.59. The first-order valence-corrected chi connectivity index (χ1v) is 7.35. The lowest BCUT2D eigenvalue weighted by molar-refractivity contribution is 0.593. The fourth-order valence-corrected chi connectivity index (χ4v) is 2.24. The highest BCUT2D eigenvalue weighted by molar-refractivity contribution is 5.57. The van der Waals surface area contributed by atoms with Crippen LogP contribution in [-0.4, -0.2) is 26.2 Å². The van der Waals surface area contributed by atoms with E-state index in [4.69, 9.17) is 0 Å². The molecule has 0 bridgehead atoms. The van der Waals surface area contributed by atoms with Crippen LogP contribution in [0.25, 0.3) is 5.69 Å². The van der Waals surface area contributed by atoms with E-state index in [2.05, 4.69) is 53.7 Å². The van der Waals surface area contributed by atoms with Crippen LogP contribution in [0, 0.1) is 6.92 Å². The Morgan fingerprint density at radius 2 is 2.15 bits per heavy atom. The van der Waals surface area contributed by atoms with Crippen molar-refractivity contribution in [3.63, 3.8) is 0 Å². The van der Waals surface area contributed by atoms with Gasteiger partial charge in [-0.2, -0.15) is 0 Å². The molecule has 0 fully saturated rings. The predicted molar refractivity (Wildman–Crippen MR) is 81.1 cm³/mol. The summed E-state index contributed by atoms with van der Waals surface area (Å²) < 4.78 is 1.68. The van der Waals surface area contributed by atoms with Crippen LogP contribution >= 0.6 is 0 Å². The molecule has 1 atom stereocenters. The first-order valence-electron chi connectivity index (χ1n) is 7.35. The molecule has 0 spiro atoms. The lowest BCUT2D eigenvalue weighted by atomic mass is 10.1. The summed E-state index contributed by atoms with van der Waals surface area (Å²) in [5, 5.41) is 14.9. The Kier molecular flexibility index (Phi) is 5.09. The predicted octanol–water partition coefficient (Wildman–Crippen LogP) is 3.35. The minimum absolute atomic E-state index is 0.526. The topological polar surface area (TPSA) is 55.6 Å². The number of tetrazole rings is 1. The molecule has 5 heteroatoms. The van der Waals surface area contributed by atoms with E-state index in [0.717, 1.165) is 12.1 Å². The number of hydrogen-bond acceptors (Lipinski definition) is 4. The molecular weight excluding hydrogens is 250 g/mol. The van der Waals surface area contributed by atoms with Crippen molar-refractivity contribution in [2.24, 2.45) is 0 Å². The van der Waals surface area contributed by atoms with Gasteiger partial charge in [-0.1, -0.05) is 32.8 Å². The second kappa shape index (κ2) is 7.03. The van der Waals surface area contributed by atoms with Crippen molar-refractivity contribution in [3.05, 3.63) is 30.1 Å². The van der Waals surface area contributed by atoms with E-state index >= 15 is 0 Å². The van der Waals surface area contributed by atoms with E-state index in [1.807, 2.05) is 6.07 Å². The monoisotopic (exact) mass is 273 g/mol. The number of nitrogens with one attached hydrogen (secondary N) is 1. The smallest absolute Gasteiger partial charge is 0.143 e. The van der Waals surface area contributed by atoms with Gasteiger partial charge < -0.3 is 5.32 Å². The van der Waals surface area contributed by atoms with Gasteiger partial charge in [0.2, 0.25) is 0 Å². The molecule has 0 aliphatic carbocycles. The largest absolute Gasteiger partial charge is 0.382 e. The van der Waals surface area contributed by atoms with E-state index in [9.17, 15) is 0 Å². The first-order chi connectivity index (χ1) is 9.74. The third kappa shape index (κ3) is 3.56. The molecule has 0 saturated heterocycles. The number of hydrogen-bond donors (Lipinski definition) is 1. The fraction of sp³-hybridized carbons (Fsp3) is 0.533. The fourth-order valence-electron chi connectivity index (χ4n) is 2.24. The van der Waals surface area contributed by atoms with Crippen LogP contribution in [-0.2, 0) is 0 Å². The quantitative estimate of drug-likeness (QED) is 0.840. The molecule has 0 amide bonds. The highest BCUT2D eigenvalue weighted by Gasteiger charge is 2.09. The van der Waals surface area contributed by atoms with Gasteiger partial charge in [0.1, 0.15) is 6.33 Å². The Labute approximate surface area is 120 Å². The molecule has 0 radical (unpaired) electrons. The summed E-state index contributed by atoms with van der Waals surface area (Å²) in [6.07, 6.45) is 6.46. The molecule has 1 aromatic carbocycles. The SMILES string of the molecule is CCCCC(CC)Nc1cc(-n2cnnn2)ccc1C. The van der Waals surface area contributed by atoms with Gasteiger partial charge in [0.25, 0.3) is 0 Å². The Bertz CT molecular complexity index is 521. The standard InChI is InChI=1S/C15H23N5/c1-4-6-7-13(5-2)17-15-10-14(9-8-12(15)3)20-11-16-18-19-20/h8-11,13,17H,4-7H2,1-3H3. The van der Waals surface area contributed by atoms with Crippen LogP contribution in [0.15, 0.2) is 24.5 Å². The molecule has 0 saturated carbocycles. The van der Waals surface area contributed by atoms with Gasteiger partial charge in [0.05, 0.1) is 5.69 Å². The van der Waals surface area contributed by atoms with E-state index in [1.54, 1.807) is 11.0 Å². The van der Waals surface area contributed by atoms with Crippen molar-refractivity contribution in [3.8, 4) is 5.69 Å². The number of aromatic nitrogens is 4. The Hall–Kier alpha value is -1.91. The van der Waals surface area contributed by atoms with E-state index < -0.39 is 0 Å². The molecule has 108 valence electrons. The molecule has 0 aliphatic heterocycles. The van der Waals surface area contributed by atoms with Crippen molar-refractivity contribution < 1.29 is 0 Å². The molecule has 0 aliphatic rings. The van der Waals surface area contributed by atoms with Crippen LogP contribution in [0.4, 0.5) is 5.69 Å². The third-order valence-electron chi connectivity index (χ3n) is 3.59. The van der Waals surface area contributed by atoms with Crippen molar-refractivity contribution in [2.75, 3.05) is 5.32 Å². The number of anilines is 1. The summed E-state index contributed by atoms with van der Waals surface area (Å²) in [7, 11) is 0. The number of benzene rings is 1. The van der Waals surface area contributed by atoms with Gasteiger partial charge >= 0.3 is 0 Å². The summed E-state index contributed by atoms with van der Waals surface area (Å²) >= 11 is 0. The van der Waals surface area contributed by atoms with E-state index in [0.29, 0.717) is 6.04 Å². The van der Waals surface area contributed by atoms with Gasteiger partial charge in [-0.25, -0.2) is 4.68 Å². The van der Waals surface area contributed by atoms with Gasteiger partial charge in [-0.15, -0.1) is 5.10 Å². The van der Waals surface area contributed by atoms with Crippen LogP contribution in [0.2, 0.25) is 0 Å². The van der Waals surface area contributed by atoms with Crippen molar-refractivity contribution in [1.29, 1.82) is 0 Å². The van der Waals surface area contributed by atoms with Crippen molar-refractivity contribution >= 4 is 5.69 Å². The molecule has 1 heterocycles. The first kappa shape index (κ1) is 14.5. The van der Waals surface area contributed by atoms with Gasteiger partial charge in [0, 0.05) is 11.7 Å². The zero-order chi connectivity index (χ0) is 14.4. The maximum atomic E-state index is 3.93. The Balaban J connectivity index is 2.16. The summed E-state index contributed by atoms with van der Waals surface area (Å²) in [6.45, 7) is 6.59. The van der Waals surface area contributed by atoms with Crippen molar-refractivity contribution in [1.82, 2.24) is 20.2 Å². The minimum Gasteiger partial charge on any atom is -0.382 e. The van der Waals surface area contributed by atoms with Crippen molar-refractivity contribution in [2.45, 2.75) is 52.5 Å². The van der Waals surface area contributed by atoms with Gasteiger partial charge in [0.15, 0.2) is 0 Å². The lowest BCUT2D eigenvalue weighted by Crippen LogP contribution is -2.19. The average molecular weight is 273 g/mol. The molecule has 20 heavy (non-hydrogen) atoms. The van der Waals surface area contributed by atoms with Gasteiger partial charge in [-0.3, -0.25) is 0 Å². The highest BCUT2D eigenvalue weighted by atomic mass is 15.5. The summed E-state index contributed by atoms with van der Waals surface area (Å²) in [6, 6.07) is 6.77. The minimum atomic E-state index is 0.526. The second-order valence-electron chi connectivity index (χ2n) is 5.15. The number of aryl methyl sites for hydroxylation is 1. The lowest BCUT2D eigenvalue weighted by Gasteiger charge is -2.20. The number of unbranched alkanes of at least 4 members (excludes halogenated alkanes) is 1. The normalized spacial score (nSPS) is 12.3. The van der Waals surface area contributed by atoms with E-state index in [-0.39, 0.29) is 0 Å². The number of nitrogens with zero attached hydrogens (tertiary/aromatic N) is 4. The zero-order valence-corrected chi connectivity index (χ0v) is 12.5. The van der Waals surface area contributed by atoms with Crippen LogP contribution in [0.5, 0.6) is 0 Å². The summed E-state index contributed by atoms with van der Waals surface area (Å²) in [4.78, 5) is 0. The molecule has 1 N–H and O–H groups in total. The van der Waals surface area contributed by atoms with E-state index in [1.165, 1.54) is 30.5 Å². The van der Waals surface area contributed by atoms with Crippen LogP contribution in [0.1, 0.15) is 45.1 Å².